The Labute approximate surface area is 818 Å². The molecule has 20 aromatic rings. The first-order chi connectivity index (χ1) is 67.6. The van der Waals surface area contributed by atoms with Gasteiger partial charge in [0.1, 0.15) is 28.7 Å². The van der Waals surface area contributed by atoms with Gasteiger partial charge in [-0.3, -0.25) is 49.5 Å². The topological polar surface area (TPSA) is 422 Å². The van der Waals surface area contributed by atoms with Gasteiger partial charge in [-0.05, 0) is 173 Å². The number of thiophene rings is 2. The van der Waals surface area contributed by atoms with Crippen LogP contribution in [-0.2, 0) is 43.6 Å². The highest BCUT2D eigenvalue weighted by atomic mass is 35.5. The van der Waals surface area contributed by atoms with Crippen molar-refractivity contribution in [2.24, 2.45) is 0 Å². The van der Waals surface area contributed by atoms with Crippen molar-refractivity contribution in [3.05, 3.63) is 354 Å². The summed E-state index contributed by atoms with van der Waals surface area (Å²) in [7, 11) is 6.38. The number of H-pyrrole nitrogens is 5. The molecule has 8 aromatic carbocycles. The fourth-order valence-electron chi connectivity index (χ4n) is 14.4. The van der Waals surface area contributed by atoms with Crippen LogP contribution in [0.5, 0.6) is 28.7 Å². The van der Waals surface area contributed by atoms with Crippen LogP contribution in [0.4, 0.5) is 28.4 Å². The number of nitrogens with one attached hydrogen (secondary N) is 10. The number of fused-ring (bicyclic) bond motifs is 5. The Morgan fingerprint density at radius 1 is 0.329 bits per heavy atom. The number of halogens is 2. The number of hydrogen-bond acceptors (Lipinski definition) is 27. The van der Waals surface area contributed by atoms with Crippen LogP contribution in [0, 0.1) is 6.92 Å². The number of anilines is 5. The van der Waals surface area contributed by atoms with Gasteiger partial charge in [-0.15, -0.1) is 22.7 Å². The van der Waals surface area contributed by atoms with Gasteiger partial charge in [-0.25, -0.2) is 24.9 Å². The molecule has 0 aliphatic carbocycles. The van der Waals surface area contributed by atoms with Crippen molar-refractivity contribution >= 4 is 103 Å². The molecule has 20 rings (SSSR count). The first-order valence-corrected chi connectivity index (χ1v) is 46.8. The van der Waals surface area contributed by atoms with E-state index in [1.54, 1.807) is 87.5 Å². The van der Waals surface area contributed by atoms with Gasteiger partial charge in [0.2, 0.25) is 0 Å². The fraction of sp³-hybridized carbons (Fsp3) is 0.198. The fourth-order valence-corrected chi connectivity index (χ4v) is 16.0. The summed E-state index contributed by atoms with van der Waals surface area (Å²) in [6, 6.07) is 72.7. The molecule has 0 aliphatic rings. The number of rotatable bonds is 26. The van der Waals surface area contributed by atoms with Crippen molar-refractivity contribution in [1.82, 2.24) is 97.9 Å². The molecule has 0 spiro atoms. The van der Waals surface area contributed by atoms with Crippen LogP contribution < -0.4 is 78.1 Å². The van der Waals surface area contributed by atoms with Crippen molar-refractivity contribution in [2.75, 3.05) is 61.6 Å². The molecular weight excluding hydrogens is 1860 g/mol. The lowest BCUT2D eigenvalue weighted by atomic mass is 9.87. The Bertz CT molecular complexity index is 8020. The van der Waals surface area contributed by atoms with E-state index < -0.39 is 0 Å². The minimum Gasteiger partial charge on any atom is -0.497 e. The zero-order valence-corrected chi connectivity index (χ0v) is 81.4. The quantitative estimate of drug-likeness (QED) is 0.0241. The summed E-state index contributed by atoms with van der Waals surface area (Å²) >= 11 is 15.1. The number of aromatic nitrogens is 20. The van der Waals surface area contributed by atoms with Crippen molar-refractivity contribution in [3.63, 3.8) is 0 Å². The lowest BCUT2D eigenvalue weighted by molar-refractivity contribution is 0.340. The molecule has 0 radical (unpaired) electrons. The monoisotopic (exact) mass is 1960 g/mol. The minimum atomic E-state index is -0.245. The summed E-state index contributed by atoms with van der Waals surface area (Å²) < 4.78 is 33.3. The van der Waals surface area contributed by atoms with Gasteiger partial charge in [-0.2, -0.15) is 47.5 Å². The highest BCUT2D eigenvalue weighted by Crippen LogP contribution is 2.34. The van der Waals surface area contributed by atoms with Crippen LogP contribution in [0.2, 0.25) is 10.0 Å². The van der Waals surface area contributed by atoms with Gasteiger partial charge in [0.15, 0.2) is 29.1 Å². The number of hydrogen-bond donors (Lipinski definition) is 10. The summed E-state index contributed by atoms with van der Waals surface area (Å²) in [6.45, 7) is 19.6. The maximum atomic E-state index is 12.6. The molecule has 140 heavy (non-hydrogen) atoms. The summed E-state index contributed by atoms with van der Waals surface area (Å²) in [6.07, 6.45) is 0. The van der Waals surface area contributed by atoms with Crippen LogP contribution in [0.15, 0.2) is 271 Å². The number of aryl methyl sites for hydroxylation is 1. The van der Waals surface area contributed by atoms with Crippen LogP contribution in [0.25, 0.3) is 84.5 Å². The number of ether oxygens (including phenoxy) is 5. The van der Waals surface area contributed by atoms with E-state index in [0.717, 1.165) is 71.9 Å². The molecule has 35 nitrogen and oxygen atoms in total. The molecular formula is C101H99Cl2N25O10S2. The lowest BCUT2D eigenvalue weighted by Crippen LogP contribution is -2.17. The van der Waals surface area contributed by atoms with Crippen molar-refractivity contribution in [3.8, 4) is 84.3 Å². The molecule has 714 valence electrons. The van der Waals surface area contributed by atoms with Crippen molar-refractivity contribution in [2.45, 2.75) is 98.9 Å². The average molecular weight is 1960 g/mol. The number of para-hydroxylation sites is 1. The maximum absolute atomic E-state index is 12.6. The Hall–Kier alpha value is -16.5. The minimum absolute atomic E-state index is 0.0679. The third kappa shape index (κ3) is 23.8. The molecule has 39 heteroatoms. The number of aromatic amines is 5. The summed E-state index contributed by atoms with van der Waals surface area (Å²) in [4.78, 5) is 109. The molecule has 0 saturated heterocycles. The molecule has 0 fully saturated rings. The van der Waals surface area contributed by atoms with E-state index in [1.165, 1.54) is 64.0 Å². The van der Waals surface area contributed by atoms with Gasteiger partial charge in [0.25, 0.3) is 56.7 Å². The van der Waals surface area contributed by atoms with Crippen LogP contribution in [0.1, 0.15) is 93.6 Å². The lowest BCUT2D eigenvalue weighted by Gasteiger charge is -2.18. The third-order valence-corrected chi connectivity index (χ3v) is 24.1. The molecule has 0 saturated carbocycles. The molecule has 0 atom stereocenters. The van der Waals surface area contributed by atoms with E-state index in [0.29, 0.717) is 153 Å². The van der Waals surface area contributed by atoms with E-state index in [9.17, 15) is 24.0 Å². The van der Waals surface area contributed by atoms with E-state index in [2.05, 4.69) is 168 Å². The van der Waals surface area contributed by atoms with Crippen molar-refractivity contribution in [1.29, 1.82) is 0 Å². The van der Waals surface area contributed by atoms with Gasteiger partial charge in [0.05, 0.1) is 117 Å². The van der Waals surface area contributed by atoms with E-state index in [-0.39, 0.29) is 38.6 Å². The smallest absolute Gasteiger partial charge is 0.274 e. The summed E-state index contributed by atoms with van der Waals surface area (Å²) in [5.41, 5.74) is 12.7. The second-order valence-corrected chi connectivity index (χ2v) is 36.5. The van der Waals surface area contributed by atoms with Crippen LogP contribution in [0.3, 0.4) is 0 Å². The second-order valence-electron chi connectivity index (χ2n) is 33.8. The molecule has 0 bridgehead atoms. The molecule has 0 aliphatic heterocycles. The second kappa shape index (κ2) is 43.2. The van der Waals surface area contributed by atoms with Crippen molar-refractivity contribution < 1.29 is 23.7 Å². The predicted molar refractivity (Wildman–Crippen MR) is 549 cm³/mol. The molecule has 0 unspecified atom stereocenters. The Kier molecular flexibility index (Phi) is 29.8. The largest absolute Gasteiger partial charge is 0.497 e. The van der Waals surface area contributed by atoms with Gasteiger partial charge in [-0.1, -0.05) is 144 Å². The zero-order chi connectivity index (χ0) is 98.3. The molecule has 12 aromatic heterocycles. The predicted octanol–water partition coefficient (Wildman–Crippen LogP) is 18.2. The third-order valence-electron chi connectivity index (χ3n) is 21.9. The van der Waals surface area contributed by atoms with Crippen LogP contribution >= 0.6 is 45.9 Å². The van der Waals surface area contributed by atoms with E-state index >= 15 is 0 Å². The van der Waals surface area contributed by atoms with E-state index in [4.69, 9.17) is 46.9 Å². The normalized spacial score (nSPS) is 11.2. The Morgan fingerprint density at radius 3 is 1.06 bits per heavy atom. The number of nitrogens with zero attached hydrogens (tertiary/aromatic N) is 15. The zero-order valence-electron chi connectivity index (χ0n) is 78.3. The van der Waals surface area contributed by atoms with Gasteiger partial charge in [0, 0.05) is 80.2 Å². The molecule has 10 N–H and O–H groups in total. The van der Waals surface area contributed by atoms with Gasteiger partial charge < -0.3 is 50.3 Å². The Morgan fingerprint density at radius 2 is 0.679 bits per heavy atom. The van der Waals surface area contributed by atoms with Crippen LogP contribution in [-0.4, -0.2) is 133 Å². The highest BCUT2D eigenvalue weighted by Gasteiger charge is 2.21. The average Bonchev–Trinajstić information content (AvgIpc) is 1.66. The number of methoxy groups -OCH3 is 4. The number of benzene rings is 8. The maximum Gasteiger partial charge on any atom is 0.274 e. The SMILES string of the molecule is CCOc1ccc(NCc2cc(=O)n3[nH]c(-c4ccc(C(C)(C)C)cc4)nc3n2)cc1.COc1ccc(-c2nc3nc(CNc4ccc(OC)cc4OC)cc(=O)n3[nH]2)cc1.COc1ccc(Cl)cc1NCc1cc(=O)n2[nH]c(-c3ccc(C(C)(C)C)cc3)nc2n1.Cc1ccccc1NCc1cc(=O)n2[nH]c(-c3cccs3)nc2n1.O=c1cc(CNc2ccc(Cl)cc2)nc2nc(-c3cccs3)[nH]n12. The highest BCUT2D eigenvalue weighted by molar-refractivity contribution is 7.13. The first-order valence-electron chi connectivity index (χ1n) is 44.2. The van der Waals surface area contributed by atoms with Gasteiger partial charge >= 0.3 is 0 Å². The standard InChI is InChI=1S/C24H27N5O2.C23H24ClN5O2.C21H21N5O4.C17H15N5OS.C16H12ClN5OS/c1-5-31-20-12-10-18(11-13-20)25-15-19-14-21(30)29-23(26-19)27-22(28-29)16-6-8-17(9-7-16)24(2,3)4;1-23(2,3)15-7-5-14(6-8-15)21-27-22-26-17(12-20(30)29(22)28-21)13-25-18-11-16(24)9-10-19(18)31-4;1-28-15-6-4-13(5-7-15)20-24-21-23-14(10-19(27)26(21)25-20)12-22-17-9-8-16(29-2)11-18(17)30-3;1-11-5-2-3-6-13(11)18-10-12-9-15(23)22-17(19-12)20-16(21-22)14-7-4-8-24-14;17-10-3-5-11(6-4-10)18-9-12-8-14(23)22-16(19-12)20-15(21-22)13-2-1-7-24-13/h6-14,25H,5,15H2,1-4H3,(H,26,27,28);5-12,25H,13H2,1-4H3,(H,26,27,28);4-11,22H,12H2,1-3H3,(H,23,24,25);2-9,18H,10H2,1H3,(H,19,20,21);1-8,18H,9H2,(H,19,20,21). The Balaban J connectivity index is 0.000000127. The summed E-state index contributed by atoms with van der Waals surface area (Å²) in [5, 5.41) is 36.5. The molecule has 0 amide bonds. The molecule has 12 heterocycles. The summed E-state index contributed by atoms with van der Waals surface area (Å²) in [5.74, 6) is 8.29. The van der Waals surface area contributed by atoms with E-state index in [1.807, 2.05) is 170 Å². The first kappa shape index (κ1) is 96.6.